The van der Waals surface area contributed by atoms with Gasteiger partial charge < -0.3 is 0 Å². The van der Waals surface area contributed by atoms with Crippen LogP contribution in [0.3, 0.4) is 0 Å². The van der Waals surface area contributed by atoms with Crippen LogP contribution in [0.1, 0.15) is 17.8 Å². The Kier molecular flexibility index (Phi) is 3.38. The van der Waals surface area contributed by atoms with E-state index in [0.29, 0.717) is 0 Å². The topological polar surface area (TPSA) is 70.5 Å². The van der Waals surface area contributed by atoms with Gasteiger partial charge in [0.25, 0.3) is 0 Å². The zero-order valence-corrected chi connectivity index (χ0v) is 9.74. The van der Waals surface area contributed by atoms with Crippen LogP contribution in [0.2, 0.25) is 0 Å². The molecule has 0 bridgehead atoms. The molecule has 2 heterocycles. The molecule has 7 heteroatoms. The third-order valence-corrected chi connectivity index (χ3v) is 3.08. The highest BCUT2D eigenvalue weighted by Gasteiger charge is 2.06. The summed E-state index contributed by atoms with van der Waals surface area (Å²) < 4.78 is 13.2. The van der Waals surface area contributed by atoms with Crippen molar-refractivity contribution in [3.63, 3.8) is 0 Å². The van der Waals surface area contributed by atoms with Gasteiger partial charge in [0.15, 0.2) is 11.6 Å². The molecule has 0 radical (unpaired) electrons. The Hall–Kier alpha value is -1.89. The molecule has 0 aliphatic heterocycles. The SMILES string of the molecule is CC(N=Nc1[nH]c(=O)ncc1F)c1cccs1. The van der Waals surface area contributed by atoms with E-state index in [9.17, 15) is 9.18 Å². The lowest BCUT2D eigenvalue weighted by Gasteiger charge is -2.00. The number of aromatic nitrogens is 2. The van der Waals surface area contributed by atoms with Crippen LogP contribution in [0.4, 0.5) is 10.2 Å². The van der Waals surface area contributed by atoms with Crippen molar-refractivity contribution in [1.82, 2.24) is 9.97 Å². The molecule has 17 heavy (non-hydrogen) atoms. The zero-order chi connectivity index (χ0) is 12.3. The van der Waals surface area contributed by atoms with Crippen molar-refractivity contribution in [2.24, 2.45) is 10.2 Å². The Bertz CT molecular complexity index is 578. The third-order valence-electron chi connectivity index (χ3n) is 2.03. The summed E-state index contributed by atoms with van der Waals surface area (Å²) in [7, 11) is 0. The average Bonchev–Trinajstić information content (AvgIpc) is 2.83. The van der Waals surface area contributed by atoms with Crippen LogP contribution in [0.15, 0.2) is 38.7 Å². The minimum absolute atomic E-state index is 0.175. The molecule has 1 atom stereocenters. The van der Waals surface area contributed by atoms with E-state index in [1.807, 2.05) is 24.4 Å². The maximum absolute atomic E-state index is 13.2. The van der Waals surface area contributed by atoms with E-state index >= 15 is 0 Å². The monoisotopic (exact) mass is 252 g/mol. The molecule has 0 spiro atoms. The maximum atomic E-state index is 13.2. The summed E-state index contributed by atoms with van der Waals surface area (Å²) >= 11 is 1.54. The highest BCUT2D eigenvalue weighted by atomic mass is 32.1. The second kappa shape index (κ2) is 4.96. The standard InChI is InChI=1S/C10H9FN4OS/c1-6(8-3-2-4-17-8)14-15-9-7(11)5-12-10(16)13-9/h2-6H,1H3,(H,12,13,16). The van der Waals surface area contributed by atoms with E-state index in [4.69, 9.17) is 0 Å². The van der Waals surface area contributed by atoms with E-state index in [1.165, 1.54) is 0 Å². The van der Waals surface area contributed by atoms with Gasteiger partial charge >= 0.3 is 5.69 Å². The van der Waals surface area contributed by atoms with Crippen LogP contribution in [0, 0.1) is 5.82 Å². The highest BCUT2D eigenvalue weighted by molar-refractivity contribution is 7.10. The molecule has 0 saturated heterocycles. The quantitative estimate of drug-likeness (QED) is 0.853. The molecule has 2 aromatic heterocycles. The molecule has 0 aliphatic carbocycles. The summed E-state index contributed by atoms with van der Waals surface area (Å²) in [6.07, 6.45) is 0.822. The molecule has 0 saturated carbocycles. The molecule has 88 valence electrons. The molecule has 2 aromatic rings. The molecule has 1 unspecified atom stereocenters. The number of azo groups is 1. The van der Waals surface area contributed by atoms with E-state index < -0.39 is 11.5 Å². The van der Waals surface area contributed by atoms with Crippen molar-refractivity contribution < 1.29 is 4.39 Å². The maximum Gasteiger partial charge on any atom is 0.346 e. The number of rotatable bonds is 3. The van der Waals surface area contributed by atoms with Gasteiger partial charge in [-0.2, -0.15) is 10.1 Å². The van der Waals surface area contributed by atoms with Gasteiger partial charge in [0.05, 0.1) is 6.20 Å². The van der Waals surface area contributed by atoms with E-state index in [-0.39, 0.29) is 11.9 Å². The first-order chi connectivity index (χ1) is 8.16. The Morgan fingerprint density at radius 3 is 3.12 bits per heavy atom. The molecule has 2 rings (SSSR count). The molecule has 0 fully saturated rings. The van der Waals surface area contributed by atoms with Crippen LogP contribution < -0.4 is 5.69 Å². The molecular weight excluding hydrogens is 243 g/mol. The highest BCUT2D eigenvalue weighted by Crippen LogP contribution is 2.23. The first-order valence-corrected chi connectivity index (χ1v) is 5.74. The van der Waals surface area contributed by atoms with Crippen molar-refractivity contribution >= 4 is 17.2 Å². The van der Waals surface area contributed by atoms with E-state index in [2.05, 4.69) is 20.2 Å². The predicted octanol–water partition coefficient (Wildman–Crippen LogP) is 2.82. The third kappa shape index (κ3) is 2.82. The molecule has 0 amide bonds. The largest absolute Gasteiger partial charge is 0.346 e. The summed E-state index contributed by atoms with van der Waals surface area (Å²) in [4.78, 5) is 17.3. The van der Waals surface area contributed by atoms with Crippen molar-refractivity contribution in [2.75, 3.05) is 0 Å². The average molecular weight is 252 g/mol. The number of nitrogens with one attached hydrogen (secondary N) is 1. The fraction of sp³-hybridized carbons (Fsp3) is 0.200. The van der Waals surface area contributed by atoms with Crippen LogP contribution in [0.5, 0.6) is 0 Å². The first-order valence-electron chi connectivity index (χ1n) is 4.86. The van der Waals surface area contributed by atoms with E-state index in [1.54, 1.807) is 11.3 Å². The summed E-state index contributed by atoms with van der Waals surface area (Å²) in [5, 5.41) is 9.55. The minimum Gasteiger partial charge on any atom is -0.286 e. The summed E-state index contributed by atoms with van der Waals surface area (Å²) in [5.41, 5.74) is -0.649. The van der Waals surface area contributed by atoms with Gasteiger partial charge in [-0.05, 0) is 18.4 Å². The van der Waals surface area contributed by atoms with Gasteiger partial charge in [-0.25, -0.2) is 9.18 Å². The van der Waals surface area contributed by atoms with Crippen LogP contribution >= 0.6 is 11.3 Å². The fourth-order valence-electron chi connectivity index (χ4n) is 1.17. The van der Waals surface area contributed by atoms with Crippen molar-refractivity contribution in [1.29, 1.82) is 0 Å². The lowest BCUT2D eigenvalue weighted by atomic mass is 10.3. The van der Waals surface area contributed by atoms with E-state index in [0.717, 1.165) is 11.1 Å². The van der Waals surface area contributed by atoms with Gasteiger partial charge in [-0.3, -0.25) is 4.98 Å². The van der Waals surface area contributed by atoms with Gasteiger partial charge in [0.1, 0.15) is 6.04 Å². The first kappa shape index (κ1) is 11.6. The van der Waals surface area contributed by atoms with Gasteiger partial charge in [0.2, 0.25) is 0 Å². The Labute approximate surface area is 100 Å². The molecular formula is C10H9FN4OS. The number of thiophene rings is 1. The molecule has 0 aliphatic rings. The van der Waals surface area contributed by atoms with Crippen molar-refractivity contribution in [3.05, 3.63) is 44.9 Å². The molecule has 5 nitrogen and oxygen atoms in total. The zero-order valence-electron chi connectivity index (χ0n) is 8.92. The number of aromatic amines is 1. The Balaban J connectivity index is 2.20. The lowest BCUT2D eigenvalue weighted by Crippen LogP contribution is -2.09. The van der Waals surface area contributed by atoms with Crippen molar-refractivity contribution in [2.45, 2.75) is 13.0 Å². The summed E-state index contributed by atoms with van der Waals surface area (Å²) in [6.45, 7) is 1.84. The van der Waals surface area contributed by atoms with Crippen LogP contribution in [0.25, 0.3) is 0 Å². The molecule has 1 N–H and O–H groups in total. The number of H-pyrrole nitrogens is 1. The fourth-order valence-corrected chi connectivity index (χ4v) is 1.89. The number of hydrogen-bond acceptors (Lipinski definition) is 5. The van der Waals surface area contributed by atoms with Gasteiger partial charge in [-0.1, -0.05) is 6.07 Å². The summed E-state index contributed by atoms with van der Waals surface area (Å²) in [5.74, 6) is -0.903. The van der Waals surface area contributed by atoms with Crippen molar-refractivity contribution in [3.8, 4) is 0 Å². The normalized spacial score (nSPS) is 13.1. The number of nitrogens with zero attached hydrogens (tertiary/aromatic N) is 3. The number of halogens is 1. The Morgan fingerprint density at radius 2 is 2.41 bits per heavy atom. The van der Waals surface area contributed by atoms with Crippen LogP contribution in [-0.4, -0.2) is 9.97 Å². The number of hydrogen-bond donors (Lipinski definition) is 1. The Morgan fingerprint density at radius 1 is 1.59 bits per heavy atom. The second-order valence-electron chi connectivity index (χ2n) is 3.29. The van der Waals surface area contributed by atoms with Gasteiger partial charge in [0, 0.05) is 4.88 Å². The summed E-state index contributed by atoms with van der Waals surface area (Å²) in [6, 6.07) is 3.65. The molecule has 0 aromatic carbocycles. The smallest absolute Gasteiger partial charge is 0.286 e. The minimum atomic E-state index is -0.702. The lowest BCUT2D eigenvalue weighted by molar-refractivity contribution is 0.608. The second-order valence-corrected chi connectivity index (χ2v) is 4.27. The van der Waals surface area contributed by atoms with Gasteiger partial charge in [-0.15, -0.1) is 16.5 Å². The van der Waals surface area contributed by atoms with Crippen LogP contribution in [-0.2, 0) is 0 Å². The predicted molar refractivity (Wildman–Crippen MR) is 62.1 cm³/mol.